The Morgan fingerprint density at radius 2 is 2.24 bits per heavy atom. The standard InChI is InChI=1S/C13H19ClN2O/c1-15-12-5-3-2-4-10(12)9-17-11-6-7-13(14)16-8-11/h6-8,10,12,15H,2-5,9H2,1H3/t10-,12?/m1/s1. The van der Waals surface area contributed by atoms with Gasteiger partial charge in [0, 0.05) is 12.0 Å². The lowest BCUT2D eigenvalue weighted by molar-refractivity contribution is 0.172. The Hall–Kier alpha value is -0.800. The zero-order chi connectivity index (χ0) is 12.1. The van der Waals surface area contributed by atoms with Crippen LogP contribution in [-0.4, -0.2) is 24.7 Å². The lowest BCUT2D eigenvalue weighted by Crippen LogP contribution is -2.39. The fraction of sp³-hybridized carbons (Fsp3) is 0.615. The summed E-state index contributed by atoms with van der Waals surface area (Å²) in [5.74, 6) is 1.40. The van der Waals surface area contributed by atoms with Gasteiger partial charge in [-0.3, -0.25) is 0 Å². The van der Waals surface area contributed by atoms with E-state index >= 15 is 0 Å². The van der Waals surface area contributed by atoms with Crippen LogP contribution in [0.5, 0.6) is 5.75 Å². The summed E-state index contributed by atoms with van der Waals surface area (Å²) in [5, 5.41) is 3.89. The van der Waals surface area contributed by atoms with Crippen LogP contribution in [0.4, 0.5) is 0 Å². The Morgan fingerprint density at radius 3 is 2.94 bits per heavy atom. The van der Waals surface area contributed by atoms with E-state index in [9.17, 15) is 0 Å². The summed E-state index contributed by atoms with van der Waals surface area (Å²) < 4.78 is 5.77. The van der Waals surface area contributed by atoms with Gasteiger partial charge in [0.1, 0.15) is 10.9 Å². The third-order valence-corrected chi connectivity index (χ3v) is 3.67. The maximum Gasteiger partial charge on any atom is 0.137 e. The van der Waals surface area contributed by atoms with E-state index in [0.29, 0.717) is 17.1 Å². The van der Waals surface area contributed by atoms with Crippen molar-refractivity contribution < 1.29 is 4.74 Å². The minimum absolute atomic E-state index is 0.503. The molecule has 0 bridgehead atoms. The van der Waals surface area contributed by atoms with Crippen molar-refractivity contribution in [2.45, 2.75) is 31.7 Å². The van der Waals surface area contributed by atoms with Gasteiger partial charge >= 0.3 is 0 Å². The number of pyridine rings is 1. The molecule has 1 aromatic heterocycles. The zero-order valence-corrected chi connectivity index (χ0v) is 10.9. The fourth-order valence-electron chi connectivity index (χ4n) is 2.44. The molecule has 0 aromatic carbocycles. The third kappa shape index (κ3) is 3.58. The first kappa shape index (κ1) is 12.7. The molecule has 17 heavy (non-hydrogen) atoms. The number of rotatable bonds is 4. The second-order valence-electron chi connectivity index (χ2n) is 4.57. The summed E-state index contributed by atoms with van der Waals surface area (Å²) in [5.41, 5.74) is 0. The summed E-state index contributed by atoms with van der Waals surface area (Å²) in [6, 6.07) is 4.21. The molecule has 0 radical (unpaired) electrons. The van der Waals surface area contributed by atoms with Gasteiger partial charge in [-0.25, -0.2) is 4.98 Å². The second kappa shape index (κ2) is 6.22. The van der Waals surface area contributed by atoms with Crippen LogP contribution in [0.15, 0.2) is 18.3 Å². The van der Waals surface area contributed by atoms with Crippen LogP contribution in [0.25, 0.3) is 0 Å². The summed E-state index contributed by atoms with van der Waals surface area (Å²) in [7, 11) is 2.03. The molecule has 1 aliphatic carbocycles. The van der Waals surface area contributed by atoms with Gasteiger partial charge in [-0.15, -0.1) is 0 Å². The van der Waals surface area contributed by atoms with Crippen molar-refractivity contribution in [2.75, 3.05) is 13.7 Å². The quantitative estimate of drug-likeness (QED) is 0.839. The van der Waals surface area contributed by atoms with E-state index in [1.54, 1.807) is 12.3 Å². The van der Waals surface area contributed by atoms with Crippen LogP contribution >= 0.6 is 11.6 Å². The SMILES string of the molecule is CNC1CCCC[C@@H]1COc1ccc(Cl)nc1. The molecule has 1 aliphatic rings. The average Bonchev–Trinajstić information content (AvgIpc) is 2.38. The first-order valence-electron chi connectivity index (χ1n) is 6.21. The molecule has 0 saturated heterocycles. The normalized spacial score (nSPS) is 24.6. The Morgan fingerprint density at radius 1 is 1.41 bits per heavy atom. The Kier molecular flexibility index (Phi) is 4.63. The Labute approximate surface area is 108 Å². The Balaban J connectivity index is 1.86. The molecule has 2 rings (SSSR count). The first-order chi connectivity index (χ1) is 8.29. The van der Waals surface area contributed by atoms with Gasteiger partial charge < -0.3 is 10.1 Å². The van der Waals surface area contributed by atoms with Crippen molar-refractivity contribution in [3.63, 3.8) is 0 Å². The molecule has 0 spiro atoms. The molecule has 1 heterocycles. The first-order valence-corrected chi connectivity index (χ1v) is 6.59. The van der Waals surface area contributed by atoms with Crippen molar-refractivity contribution >= 4 is 11.6 Å². The van der Waals surface area contributed by atoms with Crippen molar-refractivity contribution in [2.24, 2.45) is 5.92 Å². The van der Waals surface area contributed by atoms with E-state index in [0.717, 1.165) is 12.4 Å². The summed E-state index contributed by atoms with van der Waals surface area (Å²) in [6.45, 7) is 0.759. The van der Waals surface area contributed by atoms with E-state index in [1.165, 1.54) is 25.7 Å². The van der Waals surface area contributed by atoms with E-state index in [-0.39, 0.29) is 0 Å². The number of halogens is 1. The van der Waals surface area contributed by atoms with E-state index < -0.39 is 0 Å². The number of nitrogens with one attached hydrogen (secondary N) is 1. The predicted molar refractivity (Wildman–Crippen MR) is 69.5 cm³/mol. The smallest absolute Gasteiger partial charge is 0.137 e. The number of aromatic nitrogens is 1. The van der Waals surface area contributed by atoms with Crippen LogP contribution in [0.2, 0.25) is 5.15 Å². The molecule has 1 saturated carbocycles. The van der Waals surface area contributed by atoms with Crippen LogP contribution < -0.4 is 10.1 Å². The number of nitrogens with zero attached hydrogens (tertiary/aromatic N) is 1. The van der Waals surface area contributed by atoms with Gasteiger partial charge in [0.15, 0.2) is 0 Å². The van der Waals surface area contributed by atoms with Crippen molar-refractivity contribution in [1.82, 2.24) is 10.3 Å². The molecular weight excluding hydrogens is 236 g/mol. The maximum atomic E-state index is 5.77. The lowest BCUT2D eigenvalue weighted by atomic mass is 9.85. The topological polar surface area (TPSA) is 34.1 Å². The van der Waals surface area contributed by atoms with Gasteiger partial charge in [0.05, 0.1) is 12.8 Å². The molecular formula is C13H19ClN2O. The molecule has 94 valence electrons. The highest BCUT2D eigenvalue weighted by Crippen LogP contribution is 2.25. The lowest BCUT2D eigenvalue weighted by Gasteiger charge is -2.31. The molecule has 1 aromatic rings. The van der Waals surface area contributed by atoms with Gasteiger partial charge in [0.25, 0.3) is 0 Å². The van der Waals surface area contributed by atoms with Gasteiger partial charge in [-0.05, 0) is 32.0 Å². The van der Waals surface area contributed by atoms with Crippen LogP contribution in [0.1, 0.15) is 25.7 Å². The molecule has 4 heteroatoms. The second-order valence-corrected chi connectivity index (χ2v) is 4.95. The van der Waals surface area contributed by atoms with Crippen LogP contribution in [-0.2, 0) is 0 Å². The highest BCUT2D eigenvalue weighted by atomic mass is 35.5. The number of ether oxygens (including phenoxy) is 1. The summed E-state index contributed by atoms with van der Waals surface area (Å²) in [4.78, 5) is 4.01. The van der Waals surface area contributed by atoms with Crippen molar-refractivity contribution in [3.8, 4) is 5.75 Å². The number of hydrogen-bond donors (Lipinski definition) is 1. The highest BCUT2D eigenvalue weighted by Gasteiger charge is 2.24. The molecule has 1 N–H and O–H groups in total. The van der Waals surface area contributed by atoms with E-state index in [4.69, 9.17) is 16.3 Å². The molecule has 1 unspecified atom stereocenters. The molecule has 0 amide bonds. The maximum absolute atomic E-state index is 5.77. The van der Waals surface area contributed by atoms with E-state index in [2.05, 4.69) is 10.3 Å². The summed E-state index contributed by atoms with van der Waals surface area (Å²) in [6.07, 6.45) is 6.81. The van der Waals surface area contributed by atoms with Crippen molar-refractivity contribution in [1.29, 1.82) is 0 Å². The van der Waals surface area contributed by atoms with Crippen LogP contribution in [0, 0.1) is 5.92 Å². The minimum Gasteiger partial charge on any atom is -0.492 e. The highest BCUT2D eigenvalue weighted by molar-refractivity contribution is 6.29. The predicted octanol–water partition coefficient (Wildman–Crippen LogP) is 2.89. The fourth-order valence-corrected chi connectivity index (χ4v) is 2.55. The zero-order valence-electron chi connectivity index (χ0n) is 10.2. The third-order valence-electron chi connectivity index (χ3n) is 3.44. The average molecular weight is 255 g/mol. The minimum atomic E-state index is 0.503. The van der Waals surface area contributed by atoms with E-state index in [1.807, 2.05) is 13.1 Å². The monoisotopic (exact) mass is 254 g/mol. The van der Waals surface area contributed by atoms with Gasteiger partial charge in [-0.1, -0.05) is 24.4 Å². The number of hydrogen-bond acceptors (Lipinski definition) is 3. The molecule has 3 nitrogen and oxygen atoms in total. The summed E-state index contributed by atoms with van der Waals surface area (Å²) >= 11 is 5.73. The molecule has 2 atom stereocenters. The Bertz CT molecular complexity index is 342. The van der Waals surface area contributed by atoms with Crippen LogP contribution in [0.3, 0.4) is 0 Å². The largest absolute Gasteiger partial charge is 0.492 e. The van der Waals surface area contributed by atoms with Gasteiger partial charge in [0.2, 0.25) is 0 Å². The van der Waals surface area contributed by atoms with Gasteiger partial charge in [-0.2, -0.15) is 0 Å². The molecule has 1 fully saturated rings. The molecule has 0 aliphatic heterocycles. The van der Waals surface area contributed by atoms with Crippen molar-refractivity contribution in [3.05, 3.63) is 23.5 Å².